The van der Waals surface area contributed by atoms with Gasteiger partial charge in [0.1, 0.15) is 26.4 Å². The molecule has 0 aromatic carbocycles. The van der Waals surface area contributed by atoms with Crippen LogP contribution in [0, 0.1) is 0 Å². The standard InChI is InChI=1S/C39H48O8/c1-28(2)38(40)46-36(24-42-32-11-7-5-8-12-32)26-44-34-19-15-30(16-20-34)23-31-17-21-35(22-18-31)45-27-37(47-39(41)29(3)4)25-43-33-13-9-6-10-14-33/h5-7,9,11,13,15,17,19,21,36-37H,1,3,8,10,12,14,16,18,20,22-27H2,2,4H3. The zero-order valence-corrected chi connectivity index (χ0v) is 27.8. The average Bonchev–Trinajstić information content (AvgIpc) is 3.09. The van der Waals surface area contributed by atoms with Crippen LogP contribution in [0.5, 0.6) is 0 Å². The van der Waals surface area contributed by atoms with Crippen LogP contribution in [0.25, 0.3) is 0 Å². The first-order valence-corrected chi connectivity index (χ1v) is 16.5. The van der Waals surface area contributed by atoms with Crippen molar-refractivity contribution < 1.29 is 38.0 Å². The maximum atomic E-state index is 12.2. The number of hydrogen-bond acceptors (Lipinski definition) is 8. The lowest BCUT2D eigenvalue weighted by Crippen LogP contribution is -2.29. The van der Waals surface area contributed by atoms with Gasteiger partial charge in [-0.05, 0) is 70.3 Å². The third kappa shape index (κ3) is 12.7. The van der Waals surface area contributed by atoms with Crippen LogP contribution in [0.15, 0.2) is 119 Å². The van der Waals surface area contributed by atoms with Crippen LogP contribution in [0.4, 0.5) is 0 Å². The summed E-state index contributed by atoms with van der Waals surface area (Å²) in [5.74, 6) is 2.58. The molecule has 0 spiro atoms. The van der Waals surface area contributed by atoms with Crippen molar-refractivity contribution in [2.75, 3.05) is 26.4 Å². The van der Waals surface area contributed by atoms with Gasteiger partial charge in [-0.25, -0.2) is 9.59 Å². The van der Waals surface area contributed by atoms with E-state index < -0.39 is 24.1 Å². The first kappa shape index (κ1) is 35.4. The maximum absolute atomic E-state index is 12.2. The fourth-order valence-electron chi connectivity index (χ4n) is 5.09. The van der Waals surface area contributed by atoms with E-state index in [0.29, 0.717) is 11.1 Å². The molecule has 0 saturated heterocycles. The minimum Gasteiger partial charge on any atom is -0.494 e. The van der Waals surface area contributed by atoms with E-state index in [0.717, 1.165) is 80.8 Å². The molecule has 4 rings (SSSR count). The van der Waals surface area contributed by atoms with Gasteiger partial charge in [0.05, 0.1) is 23.0 Å². The summed E-state index contributed by atoms with van der Waals surface area (Å²) in [7, 11) is 0. The molecule has 2 atom stereocenters. The van der Waals surface area contributed by atoms with E-state index in [2.05, 4.69) is 37.5 Å². The van der Waals surface area contributed by atoms with Crippen molar-refractivity contribution in [3.63, 3.8) is 0 Å². The van der Waals surface area contributed by atoms with Crippen molar-refractivity contribution in [3.8, 4) is 0 Å². The molecule has 0 bridgehead atoms. The molecule has 0 aromatic heterocycles. The van der Waals surface area contributed by atoms with Gasteiger partial charge in [-0.3, -0.25) is 0 Å². The van der Waals surface area contributed by atoms with Crippen molar-refractivity contribution in [3.05, 3.63) is 119 Å². The molecule has 47 heavy (non-hydrogen) atoms. The molecule has 0 aliphatic heterocycles. The highest BCUT2D eigenvalue weighted by molar-refractivity contribution is 5.87. The van der Waals surface area contributed by atoms with Gasteiger partial charge in [0.15, 0.2) is 12.2 Å². The number of rotatable bonds is 18. The van der Waals surface area contributed by atoms with Crippen molar-refractivity contribution in [2.45, 2.75) is 83.8 Å². The molecule has 4 aliphatic carbocycles. The Morgan fingerprint density at radius 3 is 1.26 bits per heavy atom. The van der Waals surface area contributed by atoms with Gasteiger partial charge in [-0.2, -0.15) is 0 Å². The fourth-order valence-corrected chi connectivity index (χ4v) is 5.09. The zero-order valence-electron chi connectivity index (χ0n) is 27.8. The zero-order chi connectivity index (χ0) is 33.4. The van der Waals surface area contributed by atoms with E-state index in [-0.39, 0.29) is 26.4 Å². The Bertz CT molecular complexity index is 1310. The van der Waals surface area contributed by atoms with E-state index in [1.807, 2.05) is 36.5 Å². The Morgan fingerprint density at radius 1 is 0.574 bits per heavy atom. The van der Waals surface area contributed by atoms with Gasteiger partial charge in [0.25, 0.3) is 0 Å². The highest BCUT2D eigenvalue weighted by Crippen LogP contribution is 2.29. The molecular weight excluding hydrogens is 596 g/mol. The number of ether oxygens (including phenoxy) is 6. The van der Waals surface area contributed by atoms with Gasteiger partial charge in [0, 0.05) is 36.8 Å². The molecule has 0 N–H and O–H groups in total. The van der Waals surface area contributed by atoms with Crippen LogP contribution in [0.1, 0.15) is 71.6 Å². The number of carbonyl (C=O) groups is 2. The van der Waals surface area contributed by atoms with Crippen LogP contribution in [0.2, 0.25) is 0 Å². The Labute approximate surface area is 279 Å². The maximum Gasteiger partial charge on any atom is 0.333 e. The Balaban J connectivity index is 1.24. The van der Waals surface area contributed by atoms with Crippen LogP contribution in [-0.4, -0.2) is 50.6 Å². The molecular formula is C39H48O8. The largest absolute Gasteiger partial charge is 0.494 e. The molecule has 0 saturated carbocycles. The Kier molecular flexibility index (Phi) is 14.0. The summed E-state index contributed by atoms with van der Waals surface area (Å²) in [5, 5.41) is 0. The first-order chi connectivity index (χ1) is 22.7. The summed E-state index contributed by atoms with van der Waals surface area (Å²) < 4.78 is 35.1. The second kappa shape index (κ2) is 18.6. The van der Waals surface area contributed by atoms with Crippen LogP contribution in [-0.2, 0) is 38.0 Å². The molecule has 2 unspecified atom stereocenters. The highest BCUT2D eigenvalue weighted by atomic mass is 16.6. The molecule has 0 fully saturated rings. The molecule has 0 amide bonds. The van der Waals surface area contributed by atoms with Crippen LogP contribution >= 0.6 is 0 Å². The van der Waals surface area contributed by atoms with E-state index >= 15 is 0 Å². The summed E-state index contributed by atoms with van der Waals surface area (Å²) in [6, 6.07) is 0. The molecule has 0 heterocycles. The lowest BCUT2D eigenvalue weighted by molar-refractivity contribution is -0.150. The monoisotopic (exact) mass is 644 g/mol. The number of esters is 2. The van der Waals surface area contributed by atoms with Gasteiger partial charge < -0.3 is 28.4 Å². The first-order valence-electron chi connectivity index (χ1n) is 16.5. The summed E-state index contributed by atoms with van der Waals surface area (Å²) in [5.41, 5.74) is 3.36. The predicted octanol–water partition coefficient (Wildman–Crippen LogP) is 8.09. The van der Waals surface area contributed by atoms with E-state index in [1.165, 1.54) is 11.1 Å². The van der Waals surface area contributed by atoms with E-state index in [1.54, 1.807) is 13.8 Å². The molecule has 0 radical (unpaired) electrons. The van der Waals surface area contributed by atoms with Gasteiger partial charge in [-0.1, -0.05) is 60.8 Å². The minimum atomic E-state index is -0.541. The third-order valence-electron chi connectivity index (χ3n) is 7.86. The van der Waals surface area contributed by atoms with Crippen LogP contribution < -0.4 is 0 Å². The molecule has 4 aliphatic rings. The van der Waals surface area contributed by atoms with Crippen molar-refractivity contribution >= 4 is 11.9 Å². The van der Waals surface area contributed by atoms with E-state index in [4.69, 9.17) is 28.4 Å². The smallest absolute Gasteiger partial charge is 0.333 e. The lowest BCUT2D eigenvalue weighted by Gasteiger charge is -2.23. The number of carbonyl (C=O) groups excluding carboxylic acids is 2. The van der Waals surface area contributed by atoms with Crippen molar-refractivity contribution in [1.82, 2.24) is 0 Å². The number of allylic oxidation sites excluding steroid dienone is 16. The summed E-state index contributed by atoms with van der Waals surface area (Å²) in [6.45, 7) is 11.5. The topological polar surface area (TPSA) is 89.5 Å². The summed E-state index contributed by atoms with van der Waals surface area (Å²) in [4.78, 5) is 24.4. The molecule has 8 nitrogen and oxygen atoms in total. The average molecular weight is 645 g/mol. The summed E-state index contributed by atoms with van der Waals surface area (Å²) >= 11 is 0. The number of hydrogen-bond donors (Lipinski definition) is 0. The van der Waals surface area contributed by atoms with Crippen molar-refractivity contribution in [1.29, 1.82) is 0 Å². The lowest BCUT2D eigenvalue weighted by atomic mass is 9.92. The minimum absolute atomic E-state index is 0.213. The molecule has 8 heteroatoms. The quantitative estimate of drug-likeness (QED) is 0.109. The predicted molar refractivity (Wildman–Crippen MR) is 182 cm³/mol. The normalized spacial score (nSPS) is 18.5. The second-order valence-electron chi connectivity index (χ2n) is 12.2. The van der Waals surface area contributed by atoms with Crippen molar-refractivity contribution in [2.24, 2.45) is 0 Å². The Hall–Kier alpha value is -4.46. The summed E-state index contributed by atoms with van der Waals surface area (Å²) in [6.07, 6.45) is 27.0. The second-order valence-corrected chi connectivity index (χ2v) is 12.2. The SMILES string of the molecule is C=C(C)C(=O)OC(COC1=CC=CCC1)COC1=CC=C(CC2=CC=C(OCC(COC3=CC=CCC3)OC(=O)C(=C)C)CC2)CC1. The third-order valence-corrected chi connectivity index (χ3v) is 7.86. The Morgan fingerprint density at radius 2 is 0.957 bits per heavy atom. The van der Waals surface area contributed by atoms with Crippen LogP contribution in [0.3, 0.4) is 0 Å². The molecule has 252 valence electrons. The highest BCUT2D eigenvalue weighted by Gasteiger charge is 2.21. The fraction of sp³-hybridized carbons (Fsp3) is 0.436. The van der Waals surface area contributed by atoms with Gasteiger partial charge in [0.2, 0.25) is 0 Å². The molecule has 0 aromatic rings. The van der Waals surface area contributed by atoms with E-state index in [9.17, 15) is 9.59 Å². The van der Waals surface area contributed by atoms with Gasteiger partial charge in [-0.15, -0.1) is 0 Å². The van der Waals surface area contributed by atoms with Gasteiger partial charge >= 0.3 is 11.9 Å².